The van der Waals surface area contributed by atoms with Crippen LogP contribution in [0.1, 0.15) is 15.9 Å². The number of nitriles is 1. The van der Waals surface area contributed by atoms with Gasteiger partial charge in [0.15, 0.2) is 0 Å². The van der Waals surface area contributed by atoms with Crippen LogP contribution in [0.3, 0.4) is 0 Å². The summed E-state index contributed by atoms with van der Waals surface area (Å²) in [6, 6.07) is 7.37. The van der Waals surface area contributed by atoms with Gasteiger partial charge in [0.05, 0.1) is 11.6 Å². The van der Waals surface area contributed by atoms with E-state index >= 15 is 0 Å². The van der Waals surface area contributed by atoms with E-state index in [0.717, 1.165) is 0 Å². The molecule has 0 radical (unpaired) electrons. The first-order valence-electron chi connectivity index (χ1n) is 5.88. The van der Waals surface area contributed by atoms with Gasteiger partial charge >= 0.3 is 5.97 Å². The van der Waals surface area contributed by atoms with Gasteiger partial charge in [-0.05, 0) is 18.2 Å². The Morgan fingerprint density at radius 3 is 2.95 bits per heavy atom. The number of hydrogen-bond donors (Lipinski definition) is 2. The van der Waals surface area contributed by atoms with Crippen LogP contribution in [0, 0.1) is 11.3 Å². The quantitative estimate of drug-likeness (QED) is 0.783. The molecule has 0 spiro atoms. The predicted octanol–water partition coefficient (Wildman–Crippen LogP) is 0.0569. The van der Waals surface area contributed by atoms with Crippen molar-refractivity contribution < 1.29 is 14.7 Å². The molecule has 6 nitrogen and oxygen atoms in total. The number of rotatable bonds is 2. The highest BCUT2D eigenvalue weighted by atomic mass is 16.4. The first kappa shape index (κ1) is 13.1. The van der Waals surface area contributed by atoms with Gasteiger partial charge in [0.25, 0.3) is 5.91 Å². The van der Waals surface area contributed by atoms with Crippen LogP contribution in [0.25, 0.3) is 0 Å². The van der Waals surface area contributed by atoms with Crippen molar-refractivity contribution >= 4 is 11.9 Å². The highest BCUT2D eigenvalue weighted by molar-refractivity contribution is 5.97. The summed E-state index contributed by atoms with van der Waals surface area (Å²) in [5, 5.41) is 20.9. The van der Waals surface area contributed by atoms with Crippen LogP contribution in [0.5, 0.6) is 0 Å². The Hall–Kier alpha value is -2.39. The number of carboxylic acids is 1. The zero-order valence-corrected chi connectivity index (χ0v) is 10.2. The topological polar surface area (TPSA) is 93.4 Å². The fraction of sp³-hybridized carbons (Fsp3) is 0.308. The van der Waals surface area contributed by atoms with Crippen molar-refractivity contribution in [2.45, 2.75) is 6.04 Å². The molecule has 98 valence electrons. The lowest BCUT2D eigenvalue weighted by atomic mass is 10.1. The van der Waals surface area contributed by atoms with Crippen molar-refractivity contribution in [1.82, 2.24) is 10.2 Å². The molecule has 2 rings (SSSR count). The van der Waals surface area contributed by atoms with Gasteiger partial charge in [-0.25, -0.2) is 4.79 Å². The number of carbonyl (C=O) groups excluding carboxylic acids is 1. The summed E-state index contributed by atoms with van der Waals surface area (Å²) in [6.07, 6.45) is 0. The second kappa shape index (κ2) is 5.50. The van der Waals surface area contributed by atoms with E-state index < -0.39 is 12.0 Å². The standard InChI is InChI=1S/C13H13N3O3/c14-7-9-2-1-3-10(6-9)12(17)16-5-4-15-8-11(16)13(18)19/h1-3,6,11,15H,4-5,8H2,(H,18,19). The summed E-state index contributed by atoms with van der Waals surface area (Å²) in [7, 11) is 0. The lowest BCUT2D eigenvalue weighted by Crippen LogP contribution is -2.56. The number of carbonyl (C=O) groups is 2. The molecule has 1 amide bonds. The molecule has 19 heavy (non-hydrogen) atoms. The molecule has 1 aromatic rings. The molecule has 1 atom stereocenters. The second-order valence-electron chi connectivity index (χ2n) is 4.25. The Kier molecular flexibility index (Phi) is 3.78. The lowest BCUT2D eigenvalue weighted by molar-refractivity contribution is -0.142. The summed E-state index contributed by atoms with van der Waals surface area (Å²) in [4.78, 5) is 24.8. The molecule has 1 heterocycles. The van der Waals surface area contributed by atoms with Crippen LogP contribution < -0.4 is 5.32 Å². The van der Waals surface area contributed by atoms with Gasteiger partial charge in [0.2, 0.25) is 0 Å². The van der Waals surface area contributed by atoms with Crippen LogP contribution >= 0.6 is 0 Å². The van der Waals surface area contributed by atoms with E-state index in [1.807, 2.05) is 6.07 Å². The molecular formula is C13H13N3O3. The van der Waals surface area contributed by atoms with E-state index in [0.29, 0.717) is 24.2 Å². The maximum Gasteiger partial charge on any atom is 0.327 e. The monoisotopic (exact) mass is 259 g/mol. The van der Waals surface area contributed by atoms with Gasteiger partial charge in [-0.2, -0.15) is 5.26 Å². The van der Waals surface area contributed by atoms with Crippen LogP contribution in [0.15, 0.2) is 24.3 Å². The van der Waals surface area contributed by atoms with Gasteiger partial charge in [0, 0.05) is 25.2 Å². The van der Waals surface area contributed by atoms with Crippen LogP contribution in [0.2, 0.25) is 0 Å². The Labute approximate surface area is 110 Å². The van der Waals surface area contributed by atoms with Crippen molar-refractivity contribution in [1.29, 1.82) is 5.26 Å². The maximum absolute atomic E-state index is 12.3. The number of carboxylic acid groups (broad SMARTS) is 1. The molecule has 0 aromatic heterocycles. The van der Waals surface area contributed by atoms with Crippen LogP contribution in [0.4, 0.5) is 0 Å². The van der Waals surface area contributed by atoms with Crippen molar-refractivity contribution in [2.24, 2.45) is 0 Å². The Bertz CT molecular complexity index is 550. The fourth-order valence-electron chi connectivity index (χ4n) is 2.06. The minimum atomic E-state index is -1.03. The average molecular weight is 259 g/mol. The third kappa shape index (κ3) is 2.72. The molecule has 1 aromatic carbocycles. The summed E-state index contributed by atoms with van der Waals surface area (Å²) >= 11 is 0. The van der Waals surface area contributed by atoms with Crippen molar-refractivity contribution in [2.75, 3.05) is 19.6 Å². The zero-order chi connectivity index (χ0) is 13.8. The molecule has 1 unspecified atom stereocenters. The molecule has 2 N–H and O–H groups in total. The Balaban J connectivity index is 2.26. The first-order valence-corrected chi connectivity index (χ1v) is 5.88. The normalized spacial score (nSPS) is 18.7. The first-order chi connectivity index (χ1) is 9.13. The molecule has 1 aliphatic heterocycles. The average Bonchev–Trinajstić information content (AvgIpc) is 2.46. The Morgan fingerprint density at radius 2 is 2.26 bits per heavy atom. The highest BCUT2D eigenvalue weighted by Gasteiger charge is 2.32. The number of aliphatic carboxylic acids is 1. The SMILES string of the molecule is N#Cc1cccc(C(=O)N2CCNCC2C(=O)O)c1. The summed E-state index contributed by atoms with van der Waals surface area (Å²) < 4.78 is 0. The number of amides is 1. The van der Waals surface area contributed by atoms with Gasteiger partial charge in [-0.3, -0.25) is 4.79 Å². The molecule has 1 fully saturated rings. The third-order valence-corrected chi connectivity index (χ3v) is 3.03. The molecule has 0 bridgehead atoms. The van der Waals surface area contributed by atoms with Gasteiger partial charge in [-0.15, -0.1) is 0 Å². The molecule has 6 heteroatoms. The van der Waals surface area contributed by atoms with Gasteiger partial charge in [-0.1, -0.05) is 6.07 Å². The van der Waals surface area contributed by atoms with Crippen molar-refractivity contribution in [3.05, 3.63) is 35.4 Å². The second-order valence-corrected chi connectivity index (χ2v) is 4.25. The van der Waals surface area contributed by atoms with Gasteiger partial charge < -0.3 is 15.3 Å². The van der Waals surface area contributed by atoms with Gasteiger partial charge in [0.1, 0.15) is 6.04 Å². The highest BCUT2D eigenvalue weighted by Crippen LogP contribution is 2.12. The molecule has 0 saturated carbocycles. The number of nitrogens with zero attached hydrogens (tertiary/aromatic N) is 2. The van der Waals surface area contributed by atoms with E-state index in [1.54, 1.807) is 18.2 Å². The van der Waals surface area contributed by atoms with E-state index in [1.165, 1.54) is 11.0 Å². The van der Waals surface area contributed by atoms with Crippen LogP contribution in [-0.2, 0) is 4.79 Å². The lowest BCUT2D eigenvalue weighted by Gasteiger charge is -2.33. The summed E-state index contributed by atoms with van der Waals surface area (Å²) in [6.45, 7) is 1.14. The summed E-state index contributed by atoms with van der Waals surface area (Å²) in [5.74, 6) is -1.39. The van der Waals surface area contributed by atoms with E-state index in [4.69, 9.17) is 10.4 Å². The number of benzene rings is 1. The van der Waals surface area contributed by atoms with Crippen LogP contribution in [-0.4, -0.2) is 47.6 Å². The molecule has 1 aliphatic rings. The minimum Gasteiger partial charge on any atom is -0.480 e. The van der Waals surface area contributed by atoms with E-state index in [9.17, 15) is 9.59 Å². The van der Waals surface area contributed by atoms with E-state index in [2.05, 4.69) is 5.32 Å². The molecule has 0 aliphatic carbocycles. The number of hydrogen-bond acceptors (Lipinski definition) is 4. The van der Waals surface area contributed by atoms with Crippen molar-refractivity contribution in [3.63, 3.8) is 0 Å². The number of nitrogens with one attached hydrogen (secondary N) is 1. The fourth-order valence-corrected chi connectivity index (χ4v) is 2.06. The zero-order valence-electron chi connectivity index (χ0n) is 10.2. The summed E-state index contributed by atoms with van der Waals surface area (Å²) in [5.41, 5.74) is 0.722. The predicted molar refractivity (Wildman–Crippen MR) is 66.5 cm³/mol. The molecule has 1 saturated heterocycles. The largest absolute Gasteiger partial charge is 0.480 e. The maximum atomic E-state index is 12.3. The number of piperazine rings is 1. The van der Waals surface area contributed by atoms with E-state index in [-0.39, 0.29) is 12.5 Å². The Morgan fingerprint density at radius 1 is 1.47 bits per heavy atom. The van der Waals surface area contributed by atoms with Crippen molar-refractivity contribution in [3.8, 4) is 6.07 Å². The molecular weight excluding hydrogens is 246 g/mol. The third-order valence-electron chi connectivity index (χ3n) is 3.03. The smallest absolute Gasteiger partial charge is 0.327 e. The minimum absolute atomic E-state index is 0.235.